The van der Waals surface area contributed by atoms with E-state index in [-0.39, 0.29) is 11.9 Å². The summed E-state index contributed by atoms with van der Waals surface area (Å²) in [6.45, 7) is 2.35. The summed E-state index contributed by atoms with van der Waals surface area (Å²) in [6, 6.07) is 41.5. The zero-order valence-electron chi connectivity index (χ0n) is 37.9. The quantitative estimate of drug-likeness (QED) is 0.0763. The van der Waals surface area contributed by atoms with Gasteiger partial charge in [-0.3, -0.25) is 4.79 Å². The first-order valence-corrected chi connectivity index (χ1v) is 21.4. The largest absolute Gasteiger partial charge is 0.497 e. The Bertz CT molecular complexity index is 2510. The second kappa shape index (κ2) is 24.5. The molecule has 0 aliphatic carbocycles. The van der Waals surface area contributed by atoms with E-state index in [1.54, 1.807) is 54.8 Å². The number of hydrogen-bond acceptors (Lipinski definition) is 10. The second-order valence-electron chi connectivity index (χ2n) is 14.9. The average molecular weight is 879 g/mol. The van der Waals surface area contributed by atoms with E-state index < -0.39 is 0 Å². The molecule has 65 heavy (non-hydrogen) atoms. The number of ether oxygens (including phenoxy) is 8. The van der Waals surface area contributed by atoms with Crippen LogP contribution in [-0.2, 0) is 30.8 Å². The Kier molecular flexibility index (Phi) is 17.7. The average Bonchev–Trinajstić information content (AvgIpc) is 3.36. The van der Waals surface area contributed by atoms with Crippen molar-refractivity contribution in [1.82, 2.24) is 10.6 Å². The monoisotopic (exact) mass is 878 g/mol. The molecule has 2 N–H and O–H groups in total. The number of carbonyl (C=O) groups excluding carboxylic acids is 1. The van der Waals surface area contributed by atoms with Crippen molar-refractivity contribution >= 4 is 18.1 Å². The Morgan fingerprint density at radius 1 is 0.569 bits per heavy atom. The lowest BCUT2D eigenvalue weighted by atomic mass is 9.93. The molecule has 11 heteroatoms. The highest BCUT2D eigenvalue weighted by molar-refractivity contribution is 5.92. The van der Waals surface area contributed by atoms with E-state index in [1.165, 1.54) is 17.2 Å². The Morgan fingerprint density at radius 3 is 1.71 bits per heavy atom. The standard InChI is InChI=1S/C27H29NO5.C27H29NO4/c1-30-23-12-10-22(25(18-23)32-3)11-14-27(29)28-16-15-20-9-13-24(31-2)26(17-20)33-19-21-7-5-4-6-8-21;1-29-22-11-9-20(25(16-22)30-2)10-12-24-23-17-26(31-3)27(15-21(23)13-14-28-24)32-18-19-7-5-4-6-8-19/h4-14,17-18H,15-16,19H2,1-3H3,(H,28,29);4-12,15-17,24,28H,13-14,18H2,1-3H3/b14-11+;12-10+. The fraction of sp³-hybridized carbons (Fsp3) is 0.241. The van der Waals surface area contributed by atoms with Crippen LogP contribution in [0.3, 0.4) is 0 Å². The highest BCUT2D eigenvalue weighted by Gasteiger charge is 2.21. The van der Waals surface area contributed by atoms with Crippen molar-refractivity contribution in [2.75, 3.05) is 55.7 Å². The van der Waals surface area contributed by atoms with E-state index in [0.29, 0.717) is 49.2 Å². The second-order valence-corrected chi connectivity index (χ2v) is 14.9. The molecule has 0 saturated carbocycles. The van der Waals surface area contributed by atoms with Gasteiger partial charge in [0, 0.05) is 42.4 Å². The van der Waals surface area contributed by atoms with Crippen molar-refractivity contribution in [2.45, 2.75) is 32.1 Å². The molecular formula is C54H58N2O9. The lowest BCUT2D eigenvalue weighted by Crippen LogP contribution is -2.28. The number of rotatable bonds is 19. The van der Waals surface area contributed by atoms with Crippen LogP contribution < -0.4 is 48.5 Å². The number of carbonyl (C=O) groups is 1. The van der Waals surface area contributed by atoms with Crippen LogP contribution in [0.4, 0.5) is 0 Å². The van der Waals surface area contributed by atoms with Gasteiger partial charge in [-0.25, -0.2) is 0 Å². The SMILES string of the molecule is COc1ccc(/C=C/C(=O)NCCc2ccc(OC)c(OCc3ccccc3)c2)c(OC)c1.COc1ccc(/C=C/C2NCCc3cc(OCc4ccccc4)c(OC)cc32)c(OC)c1. The minimum atomic E-state index is -0.179. The number of amides is 1. The van der Waals surface area contributed by atoms with E-state index in [2.05, 4.69) is 47.1 Å². The Hall–Kier alpha value is -7.37. The Labute approximate surface area is 382 Å². The van der Waals surface area contributed by atoms with Gasteiger partial charge in [0.15, 0.2) is 23.0 Å². The summed E-state index contributed by atoms with van der Waals surface area (Å²) in [5.41, 5.74) is 7.51. The summed E-state index contributed by atoms with van der Waals surface area (Å²) in [6.07, 6.45) is 9.06. The number of hydrogen-bond donors (Lipinski definition) is 2. The minimum absolute atomic E-state index is 0.0719. The van der Waals surface area contributed by atoms with Gasteiger partial charge in [0.05, 0.1) is 48.7 Å². The molecule has 11 nitrogen and oxygen atoms in total. The number of methoxy groups -OCH3 is 6. The third-order valence-corrected chi connectivity index (χ3v) is 10.7. The molecule has 338 valence electrons. The van der Waals surface area contributed by atoms with Crippen LogP contribution in [0.1, 0.15) is 45.0 Å². The van der Waals surface area contributed by atoms with Crippen molar-refractivity contribution in [1.29, 1.82) is 0 Å². The van der Waals surface area contributed by atoms with Crippen LogP contribution in [0, 0.1) is 0 Å². The summed E-state index contributed by atoms with van der Waals surface area (Å²) in [5, 5.41) is 6.49. The normalized spacial score (nSPS) is 12.9. The molecule has 0 aromatic heterocycles. The maximum Gasteiger partial charge on any atom is 0.244 e. The van der Waals surface area contributed by atoms with Gasteiger partial charge in [-0.15, -0.1) is 0 Å². The molecule has 1 aliphatic heterocycles. The van der Waals surface area contributed by atoms with Gasteiger partial charge >= 0.3 is 0 Å². The predicted octanol–water partition coefficient (Wildman–Crippen LogP) is 9.86. The molecule has 0 spiro atoms. The third-order valence-electron chi connectivity index (χ3n) is 10.7. The van der Waals surface area contributed by atoms with Gasteiger partial charge in [0.1, 0.15) is 36.2 Å². The summed E-state index contributed by atoms with van der Waals surface area (Å²) in [5.74, 6) is 5.57. The van der Waals surface area contributed by atoms with Crippen molar-refractivity contribution in [3.8, 4) is 46.0 Å². The molecule has 0 bridgehead atoms. The molecule has 0 radical (unpaired) electrons. The summed E-state index contributed by atoms with van der Waals surface area (Å²) in [4.78, 5) is 12.2. The van der Waals surface area contributed by atoms with Gasteiger partial charge in [-0.2, -0.15) is 0 Å². The molecule has 7 rings (SSSR count). The fourth-order valence-electron chi connectivity index (χ4n) is 7.17. The number of benzene rings is 6. The molecule has 1 atom stereocenters. The van der Waals surface area contributed by atoms with Crippen LogP contribution in [0.25, 0.3) is 12.2 Å². The summed E-state index contributed by atoms with van der Waals surface area (Å²) < 4.78 is 44.5. The number of nitrogens with one attached hydrogen (secondary N) is 2. The van der Waals surface area contributed by atoms with E-state index in [9.17, 15) is 4.79 Å². The predicted molar refractivity (Wildman–Crippen MR) is 256 cm³/mol. The molecule has 6 aromatic carbocycles. The molecule has 0 saturated heterocycles. The molecule has 1 heterocycles. The Balaban J connectivity index is 0.000000215. The Morgan fingerprint density at radius 2 is 1.14 bits per heavy atom. The van der Waals surface area contributed by atoms with Crippen molar-refractivity contribution in [2.24, 2.45) is 0 Å². The van der Waals surface area contributed by atoms with E-state index in [0.717, 1.165) is 63.8 Å². The van der Waals surface area contributed by atoms with Crippen molar-refractivity contribution in [3.05, 3.63) is 178 Å². The first-order valence-electron chi connectivity index (χ1n) is 21.4. The van der Waals surface area contributed by atoms with Gasteiger partial charge in [0.2, 0.25) is 5.91 Å². The highest BCUT2D eigenvalue weighted by Crippen LogP contribution is 2.37. The maximum atomic E-state index is 12.2. The molecule has 1 unspecified atom stereocenters. The van der Waals surface area contributed by atoms with Gasteiger partial charge in [-0.05, 0) is 95.3 Å². The molecule has 6 aromatic rings. The minimum Gasteiger partial charge on any atom is -0.497 e. The fourth-order valence-corrected chi connectivity index (χ4v) is 7.17. The van der Waals surface area contributed by atoms with Crippen LogP contribution in [-0.4, -0.2) is 61.7 Å². The third kappa shape index (κ3) is 13.6. The molecular weight excluding hydrogens is 821 g/mol. The zero-order valence-corrected chi connectivity index (χ0v) is 37.9. The van der Waals surface area contributed by atoms with Crippen LogP contribution >= 0.6 is 0 Å². The van der Waals surface area contributed by atoms with Crippen LogP contribution in [0.2, 0.25) is 0 Å². The van der Waals surface area contributed by atoms with Gasteiger partial charge < -0.3 is 48.5 Å². The lowest BCUT2D eigenvalue weighted by Gasteiger charge is -2.26. The molecule has 0 fully saturated rings. The van der Waals surface area contributed by atoms with Crippen LogP contribution in [0.15, 0.2) is 140 Å². The highest BCUT2D eigenvalue weighted by atomic mass is 16.5. The van der Waals surface area contributed by atoms with Gasteiger partial charge in [0.25, 0.3) is 0 Å². The maximum absolute atomic E-state index is 12.2. The van der Waals surface area contributed by atoms with E-state index in [1.807, 2.05) is 97.1 Å². The van der Waals surface area contributed by atoms with Gasteiger partial charge in [-0.1, -0.05) is 78.9 Å². The molecule has 1 aliphatic rings. The van der Waals surface area contributed by atoms with Crippen LogP contribution in [0.5, 0.6) is 46.0 Å². The lowest BCUT2D eigenvalue weighted by molar-refractivity contribution is -0.116. The van der Waals surface area contributed by atoms with Crippen molar-refractivity contribution in [3.63, 3.8) is 0 Å². The first kappa shape index (κ1) is 47.1. The summed E-state index contributed by atoms with van der Waals surface area (Å²) >= 11 is 0. The van der Waals surface area contributed by atoms with E-state index >= 15 is 0 Å². The first-order chi connectivity index (χ1) is 31.8. The smallest absolute Gasteiger partial charge is 0.244 e. The topological polar surface area (TPSA) is 115 Å². The van der Waals surface area contributed by atoms with E-state index in [4.69, 9.17) is 37.9 Å². The molecule has 1 amide bonds. The van der Waals surface area contributed by atoms with Crippen molar-refractivity contribution < 1.29 is 42.7 Å². The summed E-state index contributed by atoms with van der Waals surface area (Å²) in [7, 11) is 9.80. The zero-order chi connectivity index (χ0) is 45.8. The number of fused-ring (bicyclic) bond motifs is 1.